The minimum Gasteiger partial charge on any atom is -0.394 e. The van der Waals surface area contributed by atoms with Crippen molar-refractivity contribution in [3.63, 3.8) is 0 Å². The third kappa shape index (κ3) is 4.14. The number of rotatable bonds is 6. The number of amides is 1. The number of carbonyl (C=O) groups excluding carboxylic acids is 1. The lowest BCUT2D eigenvalue weighted by Gasteiger charge is -2.11. The van der Waals surface area contributed by atoms with Gasteiger partial charge in [0.2, 0.25) is 5.91 Å². The summed E-state index contributed by atoms with van der Waals surface area (Å²) in [5.74, 6) is -0.441. The number of primary amides is 1. The Kier molecular flexibility index (Phi) is 5.09. The zero-order valence-corrected chi connectivity index (χ0v) is 9.81. The number of aliphatic hydroxyl groups excluding tert-OH is 2. The van der Waals surface area contributed by atoms with Crippen LogP contribution in [-0.2, 0) is 6.54 Å². The van der Waals surface area contributed by atoms with Gasteiger partial charge in [-0.3, -0.25) is 4.79 Å². The summed E-state index contributed by atoms with van der Waals surface area (Å²) in [6, 6.07) is 5.24. The molecule has 0 aromatic heterocycles. The van der Waals surface area contributed by atoms with E-state index in [1.54, 1.807) is 12.1 Å². The van der Waals surface area contributed by atoms with Crippen LogP contribution in [0.3, 0.4) is 0 Å². The third-order valence-electron chi connectivity index (χ3n) is 2.53. The van der Waals surface area contributed by atoms with E-state index in [2.05, 4.69) is 5.32 Å². The van der Waals surface area contributed by atoms with Crippen molar-refractivity contribution in [2.75, 3.05) is 13.2 Å². The lowest BCUT2D eigenvalue weighted by atomic mass is 10.0. The average Bonchev–Trinajstić information content (AvgIpc) is 2.30. The molecular weight excluding hydrogens is 220 g/mol. The molecule has 0 radical (unpaired) electrons. The summed E-state index contributed by atoms with van der Waals surface area (Å²) in [5.41, 5.74) is 7.66. The molecule has 5 N–H and O–H groups in total. The maximum atomic E-state index is 11.0. The maximum Gasteiger partial charge on any atom is 0.248 e. The first-order valence-corrected chi connectivity index (χ1v) is 5.43. The molecule has 94 valence electrons. The SMILES string of the molecule is Cc1cc(C(N)=O)ccc1CNCC(O)CO. The molecule has 0 bridgehead atoms. The number of nitrogens with two attached hydrogens (primary N) is 1. The van der Waals surface area contributed by atoms with E-state index < -0.39 is 12.0 Å². The fraction of sp³-hybridized carbons (Fsp3) is 0.417. The Hall–Kier alpha value is -1.43. The first-order valence-electron chi connectivity index (χ1n) is 5.43. The fourth-order valence-electron chi connectivity index (χ4n) is 1.49. The predicted molar refractivity (Wildman–Crippen MR) is 64.5 cm³/mol. The van der Waals surface area contributed by atoms with Crippen molar-refractivity contribution in [2.24, 2.45) is 5.73 Å². The molecule has 1 atom stereocenters. The molecule has 17 heavy (non-hydrogen) atoms. The number of hydrogen-bond donors (Lipinski definition) is 4. The van der Waals surface area contributed by atoms with E-state index in [4.69, 9.17) is 15.9 Å². The minimum absolute atomic E-state index is 0.257. The number of nitrogens with one attached hydrogen (secondary N) is 1. The smallest absolute Gasteiger partial charge is 0.248 e. The summed E-state index contributed by atoms with van der Waals surface area (Å²) in [4.78, 5) is 11.0. The van der Waals surface area contributed by atoms with Gasteiger partial charge >= 0.3 is 0 Å². The Morgan fingerprint density at radius 2 is 2.24 bits per heavy atom. The highest BCUT2D eigenvalue weighted by atomic mass is 16.3. The van der Waals surface area contributed by atoms with Crippen LogP contribution in [0.5, 0.6) is 0 Å². The van der Waals surface area contributed by atoms with Crippen LogP contribution in [0.2, 0.25) is 0 Å². The van der Waals surface area contributed by atoms with Crippen LogP contribution in [-0.4, -0.2) is 35.4 Å². The summed E-state index contributed by atoms with van der Waals surface area (Å²) < 4.78 is 0. The lowest BCUT2D eigenvalue weighted by Crippen LogP contribution is -2.29. The van der Waals surface area contributed by atoms with Crippen molar-refractivity contribution in [3.8, 4) is 0 Å². The van der Waals surface area contributed by atoms with E-state index in [-0.39, 0.29) is 6.61 Å². The highest BCUT2D eigenvalue weighted by molar-refractivity contribution is 5.93. The first kappa shape index (κ1) is 13.6. The molecular formula is C12H18N2O3. The number of hydrogen-bond acceptors (Lipinski definition) is 4. The fourth-order valence-corrected chi connectivity index (χ4v) is 1.49. The number of carbonyl (C=O) groups is 1. The molecule has 0 heterocycles. The highest BCUT2D eigenvalue weighted by Gasteiger charge is 2.05. The quantitative estimate of drug-likeness (QED) is 0.539. The zero-order chi connectivity index (χ0) is 12.8. The van der Waals surface area contributed by atoms with Gasteiger partial charge in [0.25, 0.3) is 0 Å². The van der Waals surface area contributed by atoms with Crippen molar-refractivity contribution in [3.05, 3.63) is 34.9 Å². The van der Waals surface area contributed by atoms with Crippen molar-refractivity contribution >= 4 is 5.91 Å². The van der Waals surface area contributed by atoms with Crippen LogP contribution < -0.4 is 11.1 Å². The van der Waals surface area contributed by atoms with Crippen molar-refractivity contribution in [1.82, 2.24) is 5.32 Å². The van der Waals surface area contributed by atoms with Gasteiger partial charge in [-0.1, -0.05) is 6.07 Å². The van der Waals surface area contributed by atoms with Crippen LogP contribution >= 0.6 is 0 Å². The number of aryl methyl sites for hydroxylation is 1. The van der Waals surface area contributed by atoms with Crippen LogP contribution in [0.1, 0.15) is 21.5 Å². The number of benzene rings is 1. The first-order chi connectivity index (χ1) is 8.04. The molecule has 0 aliphatic rings. The standard InChI is InChI=1S/C12H18N2O3/c1-8-4-9(12(13)17)2-3-10(8)5-14-6-11(16)7-15/h2-4,11,14-16H,5-7H2,1H3,(H2,13,17). The van der Waals surface area contributed by atoms with Gasteiger partial charge < -0.3 is 21.3 Å². The summed E-state index contributed by atoms with van der Waals surface area (Å²) in [6.07, 6.45) is -0.750. The molecule has 1 aromatic rings. The molecule has 0 aliphatic carbocycles. The Morgan fingerprint density at radius 3 is 2.76 bits per heavy atom. The number of aliphatic hydroxyl groups is 2. The van der Waals surface area contributed by atoms with Crippen molar-refractivity contribution < 1.29 is 15.0 Å². The highest BCUT2D eigenvalue weighted by Crippen LogP contribution is 2.10. The van der Waals surface area contributed by atoms with Crippen LogP contribution in [0.25, 0.3) is 0 Å². The second kappa shape index (κ2) is 6.34. The second-order valence-electron chi connectivity index (χ2n) is 3.97. The molecule has 0 aliphatic heterocycles. The summed E-state index contributed by atoms with van der Waals surface area (Å²) in [7, 11) is 0. The van der Waals surface area contributed by atoms with Gasteiger partial charge in [0.1, 0.15) is 0 Å². The van der Waals surface area contributed by atoms with Crippen LogP contribution in [0.4, 0.5) is 0 Å². The Morgan fingerprint density at radius 1 is 1.53 bits per heavy atom. The predicted octanol–water partition coefficient (Wildman–Crippen LogP) is -0.463. The van der Waals surface area contributed by atoms with Gasteiger partial charge in [-0.15, -0.1) is 0 Å². The summed E-state index contributed by atoms with van der Waals surface area (Å²) >= 11 is 0. The second-order valence-corrected chi connectivity index (χ2v) is 3.97. The summed E-state index contributed by atoms with van der Waals surface area (Å²) in [5, 5.41) is 20.8. The molecule has 1 rings (SSSR count). The molecule has 1 unspecified atom stereocenters. The van der Waals surface area contributed by atoms with Gasteiger partial charge in [-0.2, -0.15) is 0 Å². The van der Waals surface area contributed by atoms with E-state index >= 15 is 0 Å². The largest absolute Gasteiger partial charge is 0.394 e. The van der Waals surface area contributed by atoms with Gasteiger partial charge in [0.05, 0.1) is 12.7 Å². The van der Waals surface area contributed by atoms with Crippen molar-refractivity contribution in [1.29, 1.82) is 0 Å². The monoisotopic (exact) mass is 238 g/mol. The minimum atomic E-state index is -0.750. The van der Waals surface area contributed by atoms with E-state index in [0.717, 1.165) is 11.1 Å². The Balaban J connectivity index is 2.57. The Bertz CT molecular complexity index is 393. The van der Waals surface area contributed by atoms with E-state index in [9.17, 15) is 4.79 Å². The summed E-state index contributed by atoms with van der Waals surface area (Å²) in [6.45, 7) is 2.54. The van der Waals surface area contributed by atoms with Crippen LogP contribution in [0, 0.1) is 6.92 Å². The van der Waals surface area contributed by atoms with Gasteiger partial charge in [0, 0.05) is 18.7 Å². The van der Waals surface area contributed by atoms with Crippen molar-refractivity contribution in [2.45, 2.75) is 19.6 Å². The van der Waals surface area contributed by atoms with Crippen LogP contribution in [0.15, 0.2) is 18.2 Å². The third-order valence-corrected chi connectivity index (χ3v) is 2.53. The van der Waals surface area contributed by atoms with E-state index in [0.29, 0.717) is 18.7 Å². The molecule has 0 spiro atoms. The average molecular weight is 238 g/mol. The maximum absolute atomic E-state index is 11.0. The van der Waals surface area contributed by atoms with Gasteiger partial charge in [-0.05, 0) is 30.2 Å². The van der Waals surface area contributed by atoms with E-state index in [1.165, 1.54) is 0 Å². The van der Waals surface area contributed by atoms with E-state index in [1.807, 2.05) is 13.0 Å². The molecule has 0 saturated heterocycles. The topological polar surface area (TPSA) is 95.6 Å². The molecule has 0 fully saturated rings. The molecule has 1 amide bonds. The lowest BCUT2D eigenvalue weighted by molar-refractivity contribution is 0.0942. The Labute approximate surface area is 100 Å². The van der Waals surface area contributed by atoms with Gasteiger partial charge in [0.15, 0.2) is 0 Å². The zero-order valence-electron chi connectivity index (χ0n) is 9.81. The normalized spacial score (nSPS) is 12.4. The van der Waals surface area contributed by atoms with Gasteiger partial charge in [-0.25, -0.2) is 0 Å². The molecule has 5 nitrogen and oxygen atoms in total. The molecule has 5 heteroatoms. The molecule has 0 saturated carbocycles. The molecule has 1 aromatic carbocycles.